The number of likely N-dealkylation sites (N-methyl/N-ethyl adjacent to an activating group) is 1. The van der Waals surface area contributed by atoms with Crippen LogP contribution in [-0.4, -0.2) is 40.7 Å². The van der Waals surface area contributed by atoms with E-state index in [1.165, 1.54) is 19.1 Å². The second-order valence-corrected chi connectivity index (χ2v) is 4.10. The van der Waals surface area contributed by atoms with E-state index >= 15 is 0 Å². The summed E-state index contributed by atoms with van der Waals surface area (Å²) in [5.74, 6) is -1.27. The standard InChI is InChI=1S/C13H18N2O4/c1-3-14-13(19)11(8(2)16)15-12(18)9-6-4-5-7-10(9)17/h4-8,11,16-17H,3H2,1-2H3,(H,14,19)(H,15,18)/t8-,11+/m0/s1. The van der Waals surface area contributed by atoms with E-state index in [2.05, 4.69) is 10.6 Å². The fourth-order valence-electron chi connectivity index (χ4n) is 1.57. The first-order valence-electron chi connectivity index (χ1n) is 6.02. The summed E-state index contributed by atoms with van der Waals surface area (Å²) in [6.07, 6.45) is -1.04. The lowest BCUT2D eigenvalue weighted by molar-refractivity contribution is -0.125. The number of carbonyl (C=O) groups is 2. The predicted molar refractivity (Wildman–Crippen MR) is 69.7 cm³/mol. The lowest BCUT2D eigenvalue weighted by Gasteiger charge is -2.20. The number of nitrogens with one attached hydrogen (secondary N) is 2. The molecule has 2 amide bonds. The van der Waals surface area contributed by atoms with E-state index in [1.807, 2.05) is 0 Å². The highest BCUT2D eigenvalue weighted by atomic mass is 16.3. The Morgan fingerprint density at radius 3 is 2.47 bits per heavy atom. The lowest BCUT2D eigenvalue weighted by atomic mass is 10.1. The van der Waals surface area contributed by atoms with Gasteiger partial charge in [-0.1, -0.05) is 12.1 Å². The molecule has 0 fully saturated rings. The van der Waals surface area contributed by atoms with Gasteiger partial charge in [-0.2, -0.15) is 0 Å². The van der Waals surface area contributed by atoms with Crippen LogP contribution in [-0.2, 0) is 4.79 Å². The Labute approximate surface area is 111 Å². The van der Waals surface area contributed by atoms with Crippen LogP contribution in [0.2, 0.25) is 0 Å². The number of phenolic OH excluding ortho intramolecular Hbond substituents is 1. The molecule has 1 rings (SSSR count). The predicted octanol–water partition coefficient (Wildman–Crippen LogP) is 0.00750. The molecule has 19 heavy (non-hydrogen) atoms. The molecule has 4 N–H and O–H groups in total. The zero-order chi connectivity index (χ0) is 14.4. The normalized spacial score (nSPS) is 13.4. The number of para-hydroxylation sites is 1. The van der Waals surface area contributed by atoms with E-state index in [9.17, 15) is 19.8 Å². The van der Waals surface area contributed by atoms with E-state index in [0.717, 1.165) is 0 Å². The second kappa shape index (κ2) is 6.75. The Morgan fingerprint density at radius 1 is 1.32 bits per heavy atom. The van der Waals surface area contributed by atoms with Crippen molar-refractivity contribution in [3.05, 3.63) is 29.8 Å². The number of phenols is 1. The number of hydrogen-bond donors (Lipinski definition) is 4. The maximum atomic E-state index is 11.9. The van der Waals surface area contributed by atoms with Crippen molar-refractivity contribution in [1.82, 2.24) is 10.6 Å². The molecule has 0 saturated heterocycles. The summed E-state index contributed by atoms with van der Waals surface area (Å²) in [5, 5.41) is 24.0. The van der Waals surface area contributed by atoms with Gasteiger partial charge >= 0.3 is 0 Å². The second-order valence-electron chi connectivity index (χ2n) is 4.10. The summed E-state index contributed by atoms with van der Waals surface area (Å²) in [5.41, 5.74) is 0.0532. The molecular weight excluding hydrogens is 248 g/mol. The Balaban J connectivity index is 2.83. The van der Waals surface area contributed by atoms with Crippen LogP contribution >= 0.6 is 0 Å². The molecule has 6 heteroatoms. The molecule has 0 aliphatic carbocycles. The van der Waals surface area contributed by atoms with Crippen molar-refractivity contribution in [2.45, 2.75) is 26.0 Å². The Hall–Kier alpha value is -2.08. The van der Waals surface area contributed by atoms with Gasteiger partial charge < -0.3 is 20.8 Å². The average molecular weight is 266 g/mol. The smallest absolute Gasteiger partial charge is 0.255 e. The maximum Gasteiger partial charge on any atom is 0.255 e. The molecule has 2 atom stereocenters. The quantitative estimate of drug-likeness (QED) is 0.603. The highest BCUT2D eigenvalue weighted by Gasteiger charge is 2.26. The molecule has 1 aromatic rings. The summed E-state index contributed by atoms with van der Waals surface area (Å²) in [4.78, 5) is 23.6. The van der Waals surface area contributed by atoms with Crippen molar-refractivity contribution < 1.29 is 19.8 Å². The van der Waals surface area contributed by atoms with Crippen LogP contribution in [0.15, 0.2) is 24.3 Å². The molecule has 0 bridgehead atoms. The van der Waals surface area contributed by atoms with Gasteiger partial charge in [0.25, 0.3) is 5.91 Å². The van der Waals surface area contributed by atoms with Crippen molar-refractivity contribution in [3.63, 3.8) is 0 Å². The first-order valence-corrected chi connectivity index (χ1v) is 6.02. The zero-order valence-corrected chi connectivity index (χ0v) is 10.9. The molecule has 0 aromatic heterocycles. The molecule has 0 aliphatic heterocycles. The lowest BCUT2D eigenvalue weighted by Crippen LogP contribution is -2.52. The van der Waals surface area contributed by atoms with E-state index < -0.39 is 24.0 Å². The van der Waals surface area contributed by atoms with Crippen LogP contribution in [0.1, 0.15) is 24.2 Å². The highest BCUT2D eigenvalue weighted by Crippen LogP contribution is 2.15. The number of aliphatic hydroxyl groups is 1. The van der Waals surface area contributed by atoms with Crippen molar-refractivity contribution >= 4 is 11.8 Å². The summed E-state index contributed by atoms with van der Waals surface area (Å²) in [6.45, 7) is 3.54. The molecule has 0 radical (unpaired) electrons. The van der Waals surface area contributed by atoms with Crippen molar-refractivity contribution in [3.8, 4) is 5.75 Å². The van der Waals surface area contributed by atoms with E-state index in [0.29, 0.717) is 6.54 Å². The van der Waals surface area contributed by atoms with Crippen molar-refractivity contribution in [1.29, 1.82) is 0 Å². The third kappa shape index (κ3) is 3.96. The first-order chi connectivity index (χ1) is 8.97. The van der Waals surface area contributed by atoms with E-state index in [1.54, 1.807) is 19.1 Å². The minimum absolute atomic E-state index is 0.0532. The van der Waals surface area contributed by atoms with Gasteiger partial charge in [0.2, 0.25) is 5.91 Å². The summed E-state index contributed by atoms with van der Waals surface area (Å²) in [6, 6.07) is 4.92. The van der Waals surface area contributed by atoms with E-state index in [4.69, 9.17) is 0 Å². The third-order valence-corrected chi connectivity index (χ3v) is 2.55. The third-order valence-electron chi connectivity index (χ3n) is 2.55. The zero-order valence-electron chi connectivity index (χ0n) is 10.9. The number of benzene rings is 1. The monoisotopic (exact) mass is 266 g/mol. The minimum atomic E-state index is -1.06. The van der Waals surface area contributed by atoms with Gasteiger partial charge in [-0.3, -0.25) is 9.59 Å². The SMILES string of the molecule is CCNC(=O)[C@H](NC(=O)c1ccccc1O)[C@H](C)O. The van der Waals surface area contributed by atoms with Gasteiger partial charge in [-0.25, -0.2) is 0 Å². The fraction of sp³-hybridized carbons (Fsp3) is 0.385. The van der Waals surface area contributed by atoms with Gasteiger partial charge in [0.05, 0.1) is 11.7 Å². The molecule has 6 nitrogen and oxygen atoms in total. The number of hydrogen-bond acceptors (Lipinski definition) is 4. The molecule has 104 valence electrons. The Morgan fingerprint density at radius 2 is 1.95 bits per heavy atom. The minimum Gasteiger partial charge on any atom is -0.507 e. The van der Waals surface area contributed by atoms with Gasteiger partial charge in [-0.15, -0.1) is 0 Å². The average Bonchev–Trinajstić information content (AvgIpc) is 2.36. The maximum absolute atomic E-state index is 11.9. The van der Waals surface area contributed by atoms with Crippen LogP contribution in [0.5, 0.6) is 5.75 Å². The molecule has 0 saturated carbocycles. The summed E-state index contributed by atoms with van der Waals surface area (Å²) >= 11 is 0. The molecule has 0 spiro atoms. The van der Waals surface area contributed by atoms with Crippen LogP contribution in [0, 0.1) is 0 Å². The molecule has 0 unspecified atom stereocenters. The van der Waals surface area contributed by atoms with E-state index in [-0.39, 0.29) is 11.3 Å². The topological polar surface area (TPSA) is 98.7 Å². The molecular formula is C13H18N2O4. The Kier molecular flexibility index (Phi) is 5.32. The highest BCUT2D eigenvalue weighted by molar-refractivity contribution is 5.99. The molecule has 0 aliphatic rings. The number of rotatable bonds is 5. The van der Waals surface area contributed by atoms with Gasteiger partial charge in [0, 0.05) is 6.54 Å². The first kappa shape index (κ1) is 15.0. The van der Waals surface area contributed by atoms with Crippen LogP contribution in [0.25, 0.3) is 0 Å². The van der Waals surface area contributed by atoms with Crippen molar-refractivity contribution in [2.24, 2.45) is 0 Å². The van der Waals surface area contributed by atoms with Gasteiger partial charge in [0.1, 0.15) is 11.8 Å². The van der Waals surface area contributed by atoms with Gasteiger partial charge in [0.15, 0.2) is 0 Å². The molecule has 0 heterocycles. The number of amides is 2. The largest absolute Gasteiger partial charge is 0.507 e. The number of carbonyl (C=O) groups excluding carboxylic acids is 2. The fourth-order valence-corrected chi connectivity index (χ4v) is 1.57. The summed E-state index contributed by atoms with van der Waals surface area (Å²) in [7, 11) is 0. The van der Waals surface area contributed by atoms with Crippen molar-refractivity contribution in [2.75, 3.05) is 6.54 Å². The van der Waals surface area contributed by atoms with Gasteiger partial charge in [-0.05, 0) is 26.0 Å². The number of aliphatic hydroxyl groups excluding tert-OH is 1. The summed E-state index contributed by atoms with van der Waals surface area (Å²) < 4.78 is 0. The van der Waals surface area contributed by atoms with Crippen LogP contribution < -0.4 is 10.6 Å². The van der Waals surface area contributed by atoms with Crippen LogP contribution in [0.3, 0.4) is 0 Å². The van der Waals surface area contributed by atoms with Crippen LogP contribution in [0.4, 0.5) is 0 Å². The Bertz CT molecular complexity index is 460. The number of aromatic hydroxyl groups is 1. The molecule has 1 aromatic carbocycles.